The summed E-state index contributed by atoms with van der Waals surface area (Å²) in [4.78, 5) is 2.44. The van der Waals surface area contributed by atoms with Gasteiger partial charge in [-0.1, -0.05) is 6.92 Å². The molecular weight excluding hydrogens is 172 g/mol. The number of hydrogen-bond acceptors (Lipinski definition) is 2. The van der Waals surface area contributed by atoms with Crippen LogP contribution in [0.15, 0.2) is 0 Å². The Morgan fingerprint density at radius 2 is 1.64 bits per heavy atom. The summed E-state index contributed by atoms with van der Waals surface area (Å²) < 4.78 is 0. The van der Waals surface area contributed by atoms with Crippen LogP contribution in [0.2, 0.25) is 0 Å². The predicted molar refractivity (Wildman–Crippen MR) is 64.7 cm³/mol. The van der Waals surface area contributed by atoms with E-state index in [1.165, 1.54) is 6.42 Å². The predicted octanol–water partition coefficient (Wildman–Crippen LogP) is 2.49. The van der Waals surface area contributed by atoms with Gasteiger partial charge < -0.3 is 5.32 Å². The van der Waals surface area contributed by atoms with Gasteiger partial charge in [-0.2, -0.15) is 0 Å². The first-order chi connectivity index (χ1) is 6.28. The molecule has 0 saturated heterocycles. The van der Waals surface area contributed by atoms with Crippen molar-refractivity contribution in [2.45, 2.75) is 65.6 Å². The van der Waals surface area contributed by atoms with Crippen molar-refractivity contribution in [1.82, 2.24) is 10.2 Å². The fraction of sp³-hybridized carbons (Fsp3) is 1.00. The van der Waals surface area contributed by atoms with Crippen LogP contribution < -0.4 is 5.32 Å². The highest BCUT2D eigenvalue weighted by atomic mass is 15.2. The number of likely N-dealkylation sites (N-methyl/N-ethyl adjacent to an activating group) is 1. The zero-order valence-corrected chi connectivity index (χ0v) is 11.0. The van der Waals surface area contributed by atoms with E-state index >= 15 is 0 Å². The zero-order valence-electron chi connectivity index (χ0n) is 11.0. The third kappa shape index (κ3) is 5.61. The van der Waals surface area contributed by atoms with Crippen molar-refractivity contribution in [3.8, 4) is 0 Å². The van der Waals surface area contributed by atoms with Crippen molar-refractivity contribution in [3.63, 3.8) is 0 Å². The molecule has 0 aliphatic rings. The molecular formula is C12H28N2. The third-order valence-corrected chi connectivity index (χ3v) is 2.91. The smallest absolute Gasteiger partial charge is 0.0192 e. The van der Waals surface area contributed by atoms with Crippen LogP contribution in [0.1, 0.15) is 48.0 Å². The average molecular weight is 200 g/mol. The van der Waals surface area contributed by atoms with Crippen LogP contribution in [-0.4, -0.2) is 36.1 Å². The molecule has 0 aromatic heterocycles. The van der Waals surface area contributed by atoms with E-state index in [4.69, 9.17) is 0 Å². The Bertz CT molecular complexity index is 149. The second kappa shape index (κ2) is 5.72. The normalized spacial score (nSPS) is 17.1. The molecule has 14 heavy (non-hydrogen) atoms. The number of hydrogen-bond donors (Lipinski definition) is 1. The van der Waals surface area contributed by atoms with Gasteiger partial charge >= 0.3 is 0 Å². The molecule has 2 heteroatoms. The standard InChI is InChI=1S/C12H28N2/c1-8-10(2)14(7)11(3)9-13-12(4,5)6/h10-11,13H,8-9H2,1-7H3. The van der Waals surface area contributed by atoms with Gasteiger partial charge in [0.25, 0.3) is 0 Å². The molecule has 0 heterocycles. The monoisotopic (exact) mass is 200 g/mol. The summed E-state index contributed by atoms with van der Waals surface area (Å²) in [5, 5.41) is 3.54. The van der Waals surface area contributed by atoms with Gasteiger partial charge in [0, 0.05) is 24.2 Å². The van der Waals surface area contributed by atoms with Crippen LogP contribution in [-0.2, 0) is 0 Å². The Labute approximate surface area is 90.1 Å². The fourth-order valence-corrected chi connectivity index (χ4v) is 1.32. The molecule has 2 atom stereocenters. The van der Waals surface area contributed by atoms with Crippen molar-refractivity contribution < 1.29 is 0 Å². The Morgan fingerprint density at radius 1 is 1.14 bits per heavy atom. The van der Waals surface area contributed by atoms with Crippen LogP contribution in [0.25, 0.3) is 0 Å². The molecule has 0 rings (SSSR count). The number of nitrogens with one attached hydrogen (secondary N) is 1. The first-order valence-corrected chi connectivity index (χ1v) is 5.75. The number of rotatable bonds is 5. The third-order valence-electron chi connectivity index (χ3n) is 2.91. The molecule has 0 aliphatic heterocycles. The maximum absolute atomic E-state index is 3.54. The molecule has 0 radical (unpaired) electrons. The highest BCUT2D eigenvalue weighted by Crippen LogP contribution is 2.06. The van der Waals surface area contributed by atoms with E-state index in [1.54, 1.807) is 0 Å². The molecule has 0 saturated carbocycles. The van der Waals surface area contributed by atoms with E-state index in [0.29, 0.717) is 12.1 Å². The SMILES string of the molecule is CCC(C)N(C)C(C)CNC(C)(C)C. The second-order valence-corrected chi connectivity index (χ2v) is 5.40. The lowest BCUT2D eigenvalue weighted by Gasteiger charge is -2.32. The maximum atomic E-state index is 3.54. The van der Waals surface area contributed by atoms with Gasteiger partial charge in [0.1, 0.15) is 0 Å². The Hall–Kier alpha value is -0.0800. The summed E-state index contributed by atoms with van der Waals surface area (Å²) >= 11 is 0. The second-order valence-electron chi connectivity index (χ2n) is 5.40. The highest BCUT2D eigenvalue weighted by Gasteiger charge is 2.16. The summed E-state index contributed by atoms with van der Waals surface area (Å²) in [7, 11) is 2.21. The van der Waals surface area contributed by atoms with E-state index < -0.39 is 0 Å². The quantitative estimate of drug-likeness (QED) is 0.733. The van der Waals surface area contributed by atoms with Gasteiger partial charge in [0.05, 0.1) is 0 Å². The Kier molecular flexibility index (Phi) is 5.68. The number of nitrogens with zero attached hydrogens (tertiary/aromatic N) is 1. The lowest BCUT2D eigenvalue weighted by atomic mass is 10.1. The topological polar surface area (TPSA) is 15.3 Å². The van der Waals surface area contributed by atoms with Gasteiger partial charge in [-0.15, -0.1) is 0 Å². The van der Waals surface area contributed by atoms with Crippen LogP contribution >= 0.6 is 0 Å². The van der Waals surface area contributed by atoms with E-state index in [0.717, 1.165) is 6.54 Å². The molecule has 2 unspecified atom stereocenters. The summed E-state index contributed by atoms with van der Waals surface area (Å²) in [6.07, 6.45) is 1.22. The molecule has 0 bridgehead atoms. The van der Waals surface area contributed by atoms with Gasteiger partial charge in [0.2, 0.25) is 0 Å². The first kappa shape index (κ1) is 13.9. The first-order valence-electron chi connectivity index (χ1n) is 5.75. The van der Waals surface area contributed by atoms with Crippen LogP contribution in [0.5, 0.6) is 0 Å². The Balaban J connectivity index is 3.90. The van der Waals surface area contributed by atoms with Crippen molar-refractivity contribution >= 4 is 0 Å². The molecule has 0 amide bonds. The summed E-state index contributed by atoms with van der Waals surface area (Å²) in [6.45, 7) is 14.5. The molecule has 0 aliphatic carbocycles. The molecule has 0 aromatic carbocycles. The lowest BCUT2D eigenvalue weighted by Crippen LogP contribution is -2.47. The Morgan fingerprint density at radius 3 is 2.00 bits per heavy atom. The van der Waals surface area contributed by atoms with Gasteiger partial charge in [-0.3, -0.25) is 4.90 Å². The lowest BCUT2D eigenvalue weighted by molar-refractivity contribution is 0.179. The van der Waals surface area contributed by atoms with Crippen LogP contribution in [0, 0.1) is 0 Å². The van der Waals surface area contributed by atoms with Gasteiger partial charge in [-0.05, 0) is 48.1 Å². The molecule has 1 N–H and O–H groups in total. The van der Waals surface area contributed by atoms with Crippen LogP contribution in [0.4, 0.5) is 0 Å². The minimum Gasteiger partial charge on any atom is -0.311 e. The minimum absolute atomic E-state index is 0.227. The average Bonchev–Trinajstić information content (AvgIpc) is 2.10. The van der Waals surface area contributed by atoms with E-state index in [-0.39, 0.29) is 5.54 Å². The van der Waals surface area contributed by atoms with Crippen molar-refractivity contribution in [1.29, 1.82) is 0 Å². The summed E-state index contributed by atoms with van der Waals surface area (Å²) in [6, 6.07) is 1.27. The van der Waals surface area contributed by atoms with Crippen molar-refractivity contribution in [2.24, 2.45) is 0 Å². The zero-order chi connectivity index (χ0) is 11.4. The van der Waals surface area contributed by atoms with Crippen molar-refractivity contribution in [3.05, 3.63) is 0 Å². The minimum atomic E-state index is 0.227. The van der Waals surface area contributed by atoms with Crippen LogP contribution in [0.3, 0.4) is 0 Å². The van der Waals surface area contributed by atoms with Gasteiger partial charge in [-0.25, -0.2) is 0 Å². The van der Waals surface area contributed by atoms with E-state index in [1.807, 2.05) is 0 Å². The molecule has 2 nitrogen and oxygen atoms in total. The van der Waals surface area contributed by atoms with E-state index in [9.17, 15) is 0 Å². The van der Waals surface area contributed by atoms with E-state index in [2.05, 4.69) is 58.8 Å². The highest BCUT2D eigenvalue weighted by molar-refractivity contribution is 4.76. The molecule has 0 spiro atoms. The van der Waals surface area contributed by atoms with Gasteiger partial charge in [0.15, 0.2) is 0 Å². The fourth-order valence-electron chi connectivity index (χ4n) is 1.32. The summed E-state index contributed by atoms with van der Waals surface area (Å²) in [5.41, 5.74) is 0.227. The molecule has 86 valence electrons. The molecule has 0 fully saturated rings. The largest absolute Gasteiger partial charge is 0.311 e. The van der Waals surface area contributed by atoms with Crippen molar-refractivity contribution in [2.75, 3.05) is 13.6 Å². The summed E-state index contributed by atoms with van der Waals surface area (Å²) in [5.74, 6) is 0. The molecule has 0 aromatic rings. The maximum Gasteiger partial charge on any atom is 0.0192 e.